The van der Waals surface area contributed by atoms with Crippen molar-refractivity contribution < 1.29 is 13.5 Å². The summed E-state index contributed by atoms with van der Waals surface area (Å²) in [6.45, 7) is 0. The van der Waals surface area contributed by atoms with Crippen LogP contribution in [0.5, 0.6) is 5.75 Å². The van der Waals surface area contributed by atoms with Crippen molar-refractivity contribution in [2.45, 2.75) is 4.90 Å². The standard InChI is InChI=1S/C17H11ClN2O4S/c1-25(23,24)11-4-2-9(3-5-11)15-16(21)12-6-10(8-19)13(18)7-14(12)20-17(15)22/h2-7H,1H3,(H2,20,21,22). The molecule has 0 aliphatic carbocycles. The summed E-state index contributed by atoms with van der Waals surface area (Å²) in [4.78, 5) is 15.1. The van der Waals surface area contributed by atoms with Gasteiger partial charge in [0, 0.05) is 11.6 Å². The molecule has 8 heteroatoms. The summed E-state index contributed by atoms with van der Waals surface area (Å²) in [7, 11) is -3.37. The Morgan fingerprint density at radius 2 is 1.84 bits per heavy atom. The molecule has 0 saturated heterocycles. The number of aromatic hydroxyl groups is 1. The van der Waals surface area contributed by atoms with E-state index in [2.05, 4.69) is 4.98 Å². The molecule has 1 heterocycles. The quantitative estimate of drug-likeness (QED) is 0.716. The maximum atomic E-state index is 12.4. The zero-order valence-electron chi connectivity index (χ0n) is 12.9. The van der Waals surface area contributed by atoms with E-state index < -0.39 is 15.4 Å². The molecule has 25 heavy (non-hydrogen) atoms. The number of rotatable bonds is 2. The maximum Gasteiger partial charge on any atom is 0.260 e. The summed E-state index contributed by atoms with van der Waals surface area (Å²) in [5.74, 6) is -0.306. The van der Waals surface area contributed by atoms with Gasteiger partial charge >= 0.3 is 0 Å². The highest BCUT2D eigenvalue weighted by atomic mass is 35.5. The van der Waals surface area contributed by atoms with Gasteiger partial charge in [-0.3, -0.25) is 4.79 Å². The zero-order chi connectivity index (χ0) is 18.4. The van der Waals surface area contributed by atoms with Crippen LogP contribution in [0.25, 0.3) is 22.0 Å². The van der Waals surface area contributed by atoms with Crippen LogP contribution in [0, 0.1) is 11.3 Å². The van der Waals surface area contributed by atoms with Gasteiger partial charge < -0.3 is 10.1 Å². The molecule has 3 aromatic rings. The van der Waals surface area contributed by atoms with Crippen molar-refractivity contribution in [2.24, 2.45) is 0 Å². The lowest BCUT2D eigenvalue weighted by molar-refractivity contribution is 0.482. The van der Waals surface area contributed by atoms with E-state index in [0.29, 0.717) is 11.1 Å². The molecular weight excluding hydrogens is 364 g/mol. The summed E-state index contributed by atoms with van der Waals surface area (Å²) in [6.07, 6.45) is 1.08. The van der Waals surface area contributed by atoms with E-state index in [9.17, 15) is 18.3 Å². The molecule has 1 aromatic heterocycles. The Labute approximate surface area is 147 Å². The number of nitriles is 1. The Kier molecular flexibility index (Phi) is 4.03. The number of hydrogen-bond acceptors (Lipinski definition) is 5. The van der Waals surface area contributed by atoms with Crippen molar-refractivity contribution in [1.29, 1.82) is 5.26 Å². The third-order valence-corrected chi connectivity index (χ3v) is 5.21. The van der Waals surface area contributed by atoms with Gasteiger partial charge in [-0.1, -0.05) is 23.7 Å². The number of nitrogens with one attached hydrogen (secondary N) is 1. The van der Waals surface area contributed by atoms with E-state index in [4.69, 9.17) is 16.9 Å². The Morgan fingerprint density at radius 1 is 1.20 bits per heavy atom. The van der Waals surface area contributed by atoms with Crippen LogP contribution < -0.4 is 5.56 Å². The number of nitrogens with zero attached hydrogens (tertiary/aromatic N) is 1. The first-order valence-corrected chi connectivity index (χ1v) is 9.28. The van der Waals surface area contributed by atoms with Crippen molar-refractivity contribution in [3.63, 3.8) is 0 Å². The highest BCUT2D eigenvalue weighted by Gasteiger charge is 2.16. The molecule has 0 bridgehead atoms. The molecule has 0 fully saturated rings. The van der Waals surface area contributed by atoms with E-state index in [0.717, 1.165) is 6.26 Å². The lowest BCUT2D eigenvalue weighted by Gasteiger charge is -2.09. The van der Waals surface area contributed by atoms with Crippen molar-refractivity contribution >= 4 is 32.3 Å². The lowest BCUT2D eigenvalue weighted by Crippen LogP contribution is -2.09. The first-order chi connectivity index (χ1) is 11.7. The van der Waals surface area contributed by atoms with Gasteiger partial charge in [0.1, 0.15) is 11.8 Å². The van der Waals surface area contributed by atoms with Gasteiger partial charge in [0.2, 0.25) is 0 Å². The molecule has 0 radical (unpaired) electrons. The molecule has 0 atom stereocenters. The number of benzene rings is 2. The molecule has 126 valence electrons. The minimum Gasteiger partial charge on any atom is -0.506 e. The van der Waals surface area contributed by atoms with Crippen LogP contribution in [0.3, 0.4) is 0 Å². The minimum absolute atomic E-state index is 0.0150. The highest BCUT2D eigenvalue weighted by Crippen LogP contribution is 2.34. The van der Waals surface area contributed by atoms with Gasteiger partial charge in [-0.05, 0) is 29.8 Å². The molecule has 0 unspecified atom stereocenters. The Hall–Kier alpha value is -2.82. The van der Waals surface area contributed by atoms with E-state index in [-0.39, 0.29) is 32.2 Å². The largest absolute Gasteiger partial charge is 0.506 e. The SMILES string of the molecule is CS(=O)(=O)c1ccc(-c2c(O)c3cc(C#N)c(Cl)cc3[nH]c2=O)cc1. The fourth-order valence-electron chi connectivity index (χ4n) is 2.52. The first-order valence-electron chi connectivity index (χ1n) is 7.01. The summed E-state index contributed by atoms with van der Waals surface area (Å²) < 4.78 is 23.1. The van der Waals surface area contributed by atoms with Gasteiger partial charge in [-0.25, -0.2) is 8.42 Å². The predicted octanol–water partition coefficient (Wildman–Crippen LogP) is 2.83. The molecule has 0 aliphatic heterocycles. The number of pyridine rings is 1. The summed E-state index contributed by atoms with van der Waals surface area (Å²) in [5.41, 5.74) is 0.232. The smallest absolute Gasteiger partial charge is 0.260 e. The van der Waals surface area contributed by atoms with E-state index >= 15 is 0 Å². The van der Waals surface area contributed by atoms with E-state index in [1.54, 1.807) is 0 Å². The molecule has 0 aliphatic rings. The predicted molar refractivity (Wildman–Crippen MR) is 94.5 cm³/mol. The molecular formula is C17H11ClN2O4S. The molecule has 3 rings (SSSR count). The number of sulfone groups is 1. The molecule has 0 saturated carbocycles. The van der Waals surface area contributed by atoms with Gasteiger partial charge in [0.15, 0.2) is 9.84 Å². The fraction of sp³-hybridized carbons (Fsp3) is 0.0588. The third-order valence-electron chi connectivity index (χ3n) is 3.77. The maximum absolute atomic E-state index is 12.4. The first kappa shape index (κ1) is 17.0. The number of aromatic nitrogens is 1. The number of fused-ring (bicyclic) bond motifs is 1. The van der Waals surface area contributed by atoms with Crippen molar-refractivity contribution in [3.05, 3.63) is 57.3 Å². The van der Waals surface area contributed by atoms with Crippen LogP contribution in [-0.2, 0) is 9.84 Å². The second-order valence-corrected chi connectivity index (χ2v) is 7.89. The fourth-order valence-corrected chi connectivity index (χ4v) is 3.36. The van der Waals surface area contributed by atoms with Crippen LogP contribution >= 0.6 is 11.6 Å². The van der Waals surface area contributed by atoms with Crippen LogP contribution in [0.2, 0.25) is 5.02 Å². The van der Waals surface area contributed by atoms with Gasteiger partial charge in [-0.15, -0.1) is 0 Å². The van der Waals surface area contributed by atoms with Crippen LogP contribution in [0.4, 0.5) is 0 Å². The second kappa shape index (κ2) is 5.92. The average Bonchev–Trinajstić information content (AvgIpc) is 2.54. The van der Waals surface area contributed by atoms with Crippen LogP contribution in [0.1, 0.15) is 5.56 Å². The second-order valence-electron chi connectivity index (χ2n) is 5.46. The molecule has 0 amide bonds. The minimum atomic E-state index is -3.37. The highest BCUT2D eigenvalue weighted by molar-refractivity contribution is 7.90. The van der Waals surface area contributed by atoms with Crippen molar-refractivity contribution in [2.75, 3.05) is 6.26 Å². The number of H-pyrrole nitrogens is 1. The number of hydrogen-bond donors (Lipinski definition) is 2. The Morgan fingerprint density at radius 3 is 2.40 bits per heavy atom. The number of halogens is 1. The molecule has 6 nitrogen and oxygen atoms in total. The third kappa shape index (κ3) is 2.97. The van der Waals surface area contributed by atoms with Crippen LogP contribution in [-0.4, -0.2) is 24.8 Å². The Balaban J connectivity index is 2.28. The van der Waals surface area contributed by atoms with Crippen LogP contribution in [0.15, 0.2) is 46.1 Å². The average molecular weight is 375 g/mol. The van der Waals surface area contributed by atoms with Gasteiger partial charge in [0.05, 0.1) is 26.6 Å². The van der Waals surface area contributed by atoms with E-state index in [1.807, 2.05) is 6.07 Å². The monoisotopic (exact) mass is 374 g/mol. The Bertz CT molecular complexity index is 1210. The lowest BCUT2D eigenvalue weighted by atomic mass is 10.0. The molecule has 2 N–H and O–H groups in total. The molecule has 0 spiro atoms. The summed E-state index contributed by atoms with van der Waals surface area (Å²) >= 11 is 5.94. The van der Waals surface area contributed by atoms with E-state index in [1.165, 1.54) is 36.4 Å². The zero-order valence-corrected chi connectivity index (χ0v) is 14.4. The molecule has 2 aromatic carbocycles. The van der Waals surface area contributed by atoms with Gasteiger partial charge in [-0.2, -0.15) is 5.26 Å². The topological polar surface area (TPSA) is 111 Å². The summed E-state index contributed by atoms with van der Waals surface area (Å²) in [5, 5.41) is 20.0. The van der Waals surface area contributed by atoms with Gasteiger partial charge in [0.25, 0.3) is 5.56 Å². The number of aromatic amines is 1. The summed E-state index contributed by atoms with van der Waals surface area (Å²) in [6, 6.07) is 10.3. The normalized spacial score (nSPS) is 11.4. The van der Waals surface area contributed by atoms with Crippen molar-refractivity contribution in [3.8, 4) is 22.9 Å². The van der Waals surface area contributed by atoms with Crippen molar-refractivity contribution in [1.82, 2.24) is 4.98 Å².